The van der Waals surface area contributed by atoms with E-state index >= 15 is 0 Å². The third kappa shape index (κ3) is 4.79. The van der Waals surface area contributed by atoms with E-state index in [-0.39, 0.29) is 17.6 Å². The fraction of sp³-hybridized carbons (Fsp3) is 0.381. The molecule has 0 radical (unpaired) electrons. The van der Waals surface area contributed by atoms with Gasteiger partial charge in [0, 0.05) is 23.0 Å². The highest BCUT2D eigenvalue weighted by Gasteiger charge is 2.26. The molecule has 1 heterocycles. The molecule has 0 atom stereocenters. The van der Waals surface area contributed by atoms with Crippen LogP contribution in [0.3, 0.4) is 0 Å². The molecule has 0 spiro atoms. The standard InChI is InChI=1S/C21H24ClFN2O2/c1-14-6-7-20(27-2)19(12-14)24-21(26)15-8-10-25(11-9-15)13-16-17(22)4-3-5-18(16)23/h3-7,12,15H,8-11,13H2,1-2H3,(H,24,26). The monoisotopic (exact) mass is 390 g/mol. The van der Waals surface area contributed by atoms with Gasteiger partial charge in [0.05, 0.1) is 12.8 Å². The summed E-state index contributed by atoms with van der Waals surface area (Å²) in [6.45, 7) is 3.90. The van der Waals surface area contributed by atoms with Crippen LogP contribution in [0.2, 0.25) is 5.02 Å². The highest BCUT2D eigenvalue weighted by atomic mass is 35.5. The van der Waals surface area contributed by atoms with Crippen LogP contribution in [0.25, 0.3) is 0 Å². The number of hydrogen-bond donors (Lipinski definition) is 1. The first-order valence-electron chi connectivity index (χ1n) is 9.08. The van der Waals surface area contributed by atoms with Crippen LogP contribution < -0.4 is 10.1 Å². The first-order chi connectivity index (χ1) is 13.0. The van der Waals surface area contributed by atoms with Crippen molar-refractivity contribution < 1.29 is 13.9 Å². The smallest absolute Gasteiger partial charge is 0.227 e. The number of halogens is 2. The third-order valence-corrected chi connectivity index (χ3v) is 5.37. The van der Waals surface area contributed by atoms with Gasteiger partial charge in [-0.05, 0) is 62.7 Å². The number of ether oxygens (including phenoxy) is 1. The number of piperidine rings is 1. The number of anilines is 1. The zero-order chi connectivity index (χ0) is 19.4. The van der Waals surface area contributed by atoms with Gasteiger partial charge in [-0.1, -0.05) is 23.7 Å². The lowest BCUT2D eigenvalue weighted by Gasteiger charge is -2.31. The van der Waals surface area contributed by atoms with E-state index in [0.717, 1.165) is 31.5 Å². The molecule has 0 bridgehead atoms. The highest BCUT2D eigenvalue weighted by molar-refractivity contribution is 6.31. The Balaban J connectivity index is 1.57. The summed E-state index contributed by atoms with van der Waals surface area (Å²) in [5, 5.41) is 3.44. The van der Waals surface area contributed by atoms with Crippen LogP contribution in [-0.2, 0) is 11.3 Å². The van der Waals surface area contributed by atoms with Crippen LogP contribution in [0.1, 0.15) is 24.0 Å². The van der Waals surface area contributed by atoms with E-state index < -0.39 is 0 Å². The molecule has 0 aliphatic carbocycles. The maximum Gasteiger partial charge on any atom is 0.227 e. The zero-order valence-corrected chi connectivity index (χ0v) is 16.4. The van der Waals surface area contributed by atoms with E-state index in [4.69, 9.17) is 16.3 Å². The highest BCUT2D eigenvalue weighted by Crippen LogP contribution is 2.28. The molecule has 3 rings (SSSR count). The summed E-state index contributed by atoms with van der Waals surface area (Å²) in [6.07, 6.45) is 1.46. The van der Waals surface area contributed by atoms with Crippen molar-refractivity contribution in [2.45, 2.75) is 26.3 Å². The molecule has 0 aromatic heterocycles. The van der Waals surface area contributed by atoms with Crippen LogP contribution >= 0.6 is 11.6 Å². The van der Waals surface area contributed by atoms with Gasteiger partial charge in [-0.15, -0.1) is 0 Å². The Hall–Kier alpha value is -2.11. The number of methoxy groups -OCH3 is 1. The van der Waals surface area contributed by atoms with Crippen molar-refractivity contribution in [2.24, 2.45) is 5.92 Å². The van der Waals surface area contributed by atoms with Crippen molar-refractivity contribution in [3.05, 3.63) is 58.4 Å². The van der Waals surface area contributed by atoms with E-state index in [1.54, 1.807) is 19.2 Å². The predicted molar refractivity (Wildman–Crippen MR) is 106 cm³/mol. The third-order valence-electron chi connectivity index (χ3n) is 5.01. The molecule has 1 N–H and O–H groups in total. The molecule has 6 heteroatoms. The average Bonchev–Trinajstić information content (AvgIpc) is 2.65. The average molecular weight is 391 g/mol. The summed E-state index contributed by atoms with van der Waals surface area (Å²) in [7, 11) is 1.59. The molecule has 1 amide bonds. The molecular weight excluding hydrogens is 367 g/mol. The van der Waals surface area contributed by atoms with Crippen LogP contribution in [0.4, 0.5) is 10.1 Å². The van der Waals surface area contributed by atoms with Gasteiger partial charge in [0.1, 0.15) is 11.6 Å². The molecule has 1 aliphatic rings. The number of amides is 1. The second-order valence-corrected chi connectivity index (χ2v) is 7.35. The Bertz CT molecular complexity index is 800. The number of rotatable bonds is 5. The fourth-order valence-corrected chi connectivity index (χ4v) is 3.64. The van der Waals surface area contributed by atoms with E-state index in [9.17, 15) is 9.18 Å². The van der Waals surface area contributed by atoms with Gasteiger partial charge in [-0.3, -0.25) is 9.69 Å². The first kappa shape index (κ1) is 19.6. The number of benzene rings is 2. The number of carbonyl (C=O) groups excluding carboxylic acids is 1. The van der Waals surface area contributed by atoms with Gasteiger partial charge in [0.15, 0.2) is 0 Å². The van der Waals surface area contributed by atoms with Gasteiger partial charge in [-0.2, -0.15) is 0 Å². The minimum Gasteiger partial charge on any atom is -0.495 e. The van der Waals surface area contributed by atoms with Crippen LogP contribution in [0.15, 0.2) is 36.4 Å². The molecule has 2 aromatic rings. The molecule has 0 saturated carbocycles. The Labute approximate surface area is 164 Å². The molecule has 27 heavy (non-hydrogen) atoms. The van der Waals surface area contributed by atoms with E-state index in [1.165, 1.54) is 6.07 Å². The fourth-order valence-electron chi connectivity index (χ4n) is 3.41. The number of likely N-dealkylation sites (tertiary alicyclic amines) is 1. The molecule has 1 fully saturated rings. The normalized spacial score (nSPS) is 15.6. The van der Waals surface area contributed by atoms with E-state index in [2.05, 4.69) is 10.2 Å². The van der Waals surface area contributed by atoms with Gasteiger partial charge in [0.2, 0.25) is 5.91 Å². The lowest BCUT2D eigenvalue weighted by Crippen LogP contribution is -2.38. The second-order valence-electron chi connectivity index (χ2n) is 6.94. The maximum absolute atomic E-state index is 14.0. The number of carbonyl (C=O) groups is 1. The molecule has 4 nitrogen and oxygen atoms in total. The Morgan fingerprint density at radius 1 is 1.30 bits per heavy atom. The molecule has 1 aliphatic heterocycles. The topological polar surface area (TPSA) is 41.6 Å². The van der Waals surface area contributed by atoms with Gasteiger partial charge in [0.25, 0.3) is 0 Å². The minimum atomic E-state index is -0.283. The Kier molecular flexibility index (Phi) is 6.34. The lowest BCUT2D eigenvalue weighted by atomic mass is 9.95. The Morgan fingerprint density at radius 3 is 2.70 bits per heavy atom. The van der Waals surface area contributed by atoms with Gasteiger partial charge in [-0.25, -0.2) is 4.39 Å². The summed E-state index contributed by atoms with van der Waals surface area (Å²) < 4.78 is 19.3. The van der Waals surface area contributed by atoms with Crippen molar-refractivity contribution in [3.8, 4) is 5.75 Å². The first-order valence-corrected chi connectivity index (χ1v) is 9.46. The molecule has 144 valence electrons. The van der Waals surface area contributed by atoms with Crippen molar-refractivity contribution in [3.63, 3.8) is 0 Å². The molecular formula is C21H24ClFN2O2. The Morgan fingerprint density at radius 2 is 2.04 bits per heavy atom. The summed E-state index contributed by atoms with van der Waals surface area (Å²) in [4.78, 5) is 14.8. The number of aryl methyl sites for hydroxylation is 1. The number of nitrogens with one attached hydrogen (secondary N) is 1. The minimum absolute atomic E-state index is 0.00229. The summed E-state index contributed by atoms with van der Waals surface area (Å²) in [5.74, 6) is 0.305. The zero-order valence-electron chi connectivity index (χ0n) is 15.6. The molecule has 1 saturated heterocycles. The van der Waals surface area contributed by atoms with Gasteiger partial charge < -0.3 is 10.1 Å². The lowest BCUT2D eigenvalue weighted by molar-refractivity contribution is -0.121. The maximum atomic E-state index is 14.0. The van der Waals surface area contributed by atoms with Crippen LogP contribution in [0, 0.1) is 18.7 Å². The van der Waals surface area contributed by atoms with Crippen molar-refractivity contribution in [2.75, 3.05) is 25.5 Å². The number of nitrogens with zero attached hydrogens (tertiary/aromatic N) is 1. The summed E-state index contributed by atoms with van der Waals surface area (Å²) in [5.41, 5.74) is 2.28. The molecule has 2 aromatic carbocycles. The van der Waals surface area contributed by atoms with E-state index in [1.807, 2.05) is 25.1 Å². The van der Waals surface area contributed by atoms with Crippen LogP contribution in [-0.4, -0.2) is 31.0 Å². The van der Waals surface area contributed by atoms with Crippen molar-refractivity contribution >= 4 is 23.2 Å². The SMILES string of the molecule is COc1ccc(C)cc1NC(=O)C1CCN(Cc2c(F)cccc2Cl)CC1. The second kappa shape index (κ2) is 8.72. The largest absolute Gasteiger partial charge is 0.495 e. The van der Waals surface area contributed by atoms with E-state index in [0.29, 0.717) is 28.6 Å². The quantitative estimate of drug-likeness (QED) is 0.808. The number of hydrogen-bond acceptors (Lipinski definition) is 3. The van der Waals surface area contributed by atoms with Crippen LogP contribution in [0.5, 0.6) is 5.75 Å². The molecule has 0 unspecified atom stereocenters. The predicted octanol–water partition coefficient (Wildman–Crippen LogP) is 4.65. The summed E-state index contributed by atoms with van der Waals surface area (Å²) >= 11 is 6.12. The summed E-state index contributed by atoms with van der Waals surface area (Å²) in [6, 6.07) is 10.4. The van der Waals surface area contributed by atoms with Crippen molar-refractivity contribution in [1.82, 2.24) is 4.90 Å². The van der Waals surface area contributed by atoms with Gasteiger partial charge >= 0.3 is 0 Å². The van der Waals surface area contributed by atoms with Crippen molar-refractivity contribution in [1.29, 1.82) is 0 Å².